The van der Waals surface area contributed by atoms with E-state index in [-0.39, 0.29) is 11.6 Å². The van der Waals surface area contributed by atoms with Gasteiger partial charge in [-0.2, -0.15) is 0 Å². The second-order valence-corrected chi connectivity index (χ2v) is 8.23. The highest BCUT2D eigenvalue weighted by Crippen LogP contribution is 2.80. The third-order valence-electron chi connectivity index (χ3n) is 6.94. The zero-order valence-electron chi connectivity index (χ0n) is 16.6. The van der Waals surface area contributed by atoms with E-state index in [0.717, 1.165) is 22.3 Å². The Bertz CT molecular complexity index is 1140. The molecule has 29 heavy (non-hydrogen) atoms. The van der Waals surface area contributed by atoms with E-state index >= 15 is 0 Å². The van der Waals surface area contributed by atoms with Crippen molar-refractivity contribution in [2.45, 2.75) is 19.3 Å². The van der Waals surface area contributed by atoms with Gasteiger partial charge in [-0.1, -0.05) is 97.9 Å². The highest BCUT2D eigenvalue weighted by molar-refractivity contribution is 6.24. The van der Waals surface area contributed by atoms with E-state index in [1.165, 1.54) is 0 Å². The minimum Gasteiger partial charge on any atom is -0.294 e. The van der Waals surface area contributed by atoms with Crippen LogP contribution in [-0.4, -0.2) is 11.6 Å². The number of carbonyl (C=O) groups excluding carboxylic acids is 2. The van der Waals surface area contributed by atoms with Crippen molar-refractivity contribution < 1.29 is 9.59 Å². The van der Waals surface area contributed by atoms with Crippen LogP contribution >= 0.6 is 0 Å². The lowest BCUT2D eigenvalue weighted by atomic mass is 9.79. The molecule has 0 radical (unpaired) electrons. The minimum absolute atomic E-state index is 0.0474. The Morgan fingerprint density at radius 1 is 0.793 bits per heavy atom. The summed E-state index contributed by atoms with van der Waals surface area (Å²) in [6, 6.07) is 29.5. The van der Waals surface area contributed by atoms with Crippen molar-refractivity contribution in [1.29, 1.82) is 0 Å². The van der Waals surface area contributed by atoms with Gasteiger partial charge in [-0.05, 0) is 29.2 Å². The van der Waals surface area contributed by atoms with Crippen molar-refractivity contribution in [3.8, 4) is 0 Å². The third-order valence-corrected chi connectivity index (χ3v) is 6.94. The summed E-state index contributed by atoms with van der Waals surface area (Å²) < 4.78 is 0. The van der Waals surface area contributed by atoms with Gasteiger partial charge in [0.2, 0.25) is 0 Å². The summed E-state index contributed by atoms with van der Waals surface area (Å²) in [6.07, 6.45) is 0. The number of Topliss-reactive ketones (excluding diaryl/α,β-unsaturated/α-hetero) is 2. The molecule has 2 nitrogen and oxygen atoms in total. The van der Waals surface area contributed by atoms with Gasteiger partial charge >= 0.3 is 0 Å². The van der Waals surface area contributed by atoms with Crippen molar-refractivity contribution in [3.05, 3.63) is 113 Å². The predicted molar refractivity (Wildman–Crippen MR) is 115 cm³/mol. The molecule has 5 rings (SSSR count). The molecule has 142 valence electrons. The van der Waals surface area contributed by atoms with E-state index in [0.29, 0.717) is 5.56 Å². The van der Waals surface area contributed by atoms with Crippen LogP contribution in [0.15, 0.2) is 96.6 Å². The average Bonchev–Trinajstić information content (AvgIpc) is 3.29. The molecule has 0 heterocycles. The smallest absolute Gasteiger partial charge is 0.168 e. The second-order valence-electron chi connectivity index (χ2n) is 8.23. The predicted octanol–water partition coefficient (Wildman–Crippen LogP) is 5.50. The molecule has 0 N–H and O–H groups in total. The molecule has 2 heteroatoms. The molecule has 3 aromatic carbocycles. The van der Waals surface area contributed by atoms with Crippen molar-refractivity contribution in [3.63, 3.8) is 0 Å². The Morgan fingerprint density at radius 2 is 1.31 bits per heavy atom. The number of ketones is 2. The Balaban J connectivity index is 1.78. The van der Waals surface area contributed by atoms with Gasteiger partial charge in [0.1, 0.15) is 0 Å². The minimum atomic E-state index is -0.753. The molecule has 0 saturated heterocycles. The van der Waals surface area contributed by atoms with Crippen LogP contribution in [-0.2, 0) is 10.2 Å². The van der Waals surface area contributed by atoms with Gasteiger partial charge < -0.3 is 0 Å². The fourth-order valence-electron chi connectivity index (χ4n) is 5.72. The summed E-state index contributed by atoms with van der Waals surface area (Å²) in [5, 5.41) is 0. The lowest BCUT2D eigenvalue weighted by Gasteiger charge is -2.22. The topological polar surface area (TPSA) is 34.1 Å². The van der Waals surface area contributed by atoms with Crippen molar-refractivity contribution in [2.75, 3.05) is 0 Å². The summed E-state index contributed by atoms with van der Waals surface area (Å²) >= 11 is 0. The second kappa shape index (κ2) is 6.12. The number of hydrogen-bond donors (Lipinski definition) is 0. The number of fused-ring (bicyclic) bond motifs is 1. The van der Waals surface area contributed by atoms with Crippen LogP contribution in [0.1, 0.15) is 35.3 Å². The summed E-state index contributed by atoms with van der Waals surface area (Å²) in [5.74, 6) is -0.257. The maximum absolute atomic E-state index is 13.7. The zero-order chi connectivity index (χ0) is 20.2. The van der Waals surface area contributed by atoms with Crippen LogP contribution in [0.2, 0.25) is 0 Å². The van der Waals surface area contributed by atoms with Crippen LogP contribution in [0.25, 0.3) is 5.57 Å². The fraction of sp³-hybridized carbons (Fsp3) is 0.185. The van der Waals surface area contributed by atoms with Gasteiger partial charge in [-0.3, -0.25) is 9.59 Å². The van der Waals surface area contributed by atoms with Crippen LogP contribution < -0.4 is 0 Å². The quantitative estimate of drug-likeness (QED) is 0.562. The molecule has 0 aromatic heterocycles. The largest absolute Gasteiger partial charge is 0.294 e. The first kappa shape index (κ1) is 17.8. The van der Waals surface area contributed by atoms with Crippen molar-refractivity contribution >= 4 is 17.1 Å². The molecule has 3 unspecified atom stereocenters. The molecular formula is C27H22O2. The molecule has 3 atom stereocenters. The Labute approximate surface area is 170 Å². The van der Waals surface area contributed by atoms with Crippen molar-refractivity contribution in [2.24, 2.45) is 11.3 Å². The van der Waals surface area contributed by atoms with E-state index in [4.69, 9.17) is 0 Å². The molecule has 1 saturated carbocycles. The Morgan fingerprint density at radius 3 is 1.90 bits per heavy atom. The van der Waals surface area contributed by atoms with E-state index in [1.807, 2.05) is 92.7 Å². The summed E-state index contributed by atoms with van der Waals surface area (Å²) in [4.78, 5) is 27.2. The first-order valence-electron chi connectivity index (χ1n) is 10.0. The summed E-state index contributed by atoms with van der Waals surface area (Å²) in [5.41, 5.74) is 3.14. The summed E-state index contributed by atoms with van der Waals surface area (Å²) in [7, 11) is 0. The van der Waals surface area contributed by atoms with Gasteiger partial charge in [0.15, 0.2) is 11.6 Å². The number of hydrogen-bond acceptors (Lipinski definition) is 2. The SMILES string of the molecule is CC1=C(c2ccccc2)C2(c3ccccc3)C(C(=O)c3ccccc3)C2(C)C1=O. The van der Waals surface area contributed by atoms with Crippen LogP contribution in [0.5, 0.6) is 0 Å². The van der Waals surface area contributed by atoms with E-state index in [1.54, 1.807) is 0 Å². The van der Waals surface area contributed by atoms with Crippen LogP contribution in [0.4, 0.5) is 0 Å². The van der Waals surface area contributed by atoms with E-state index in [9.17, 15) is 9.59 Å². The molecule has 0 amide bonds. The Kier molecular flexibility index (Phi) is 3.76. The molecule has 2 aliphatic rings. The highest BCUT2D eigenvalue weighted by atomic mass is 16.1. The Hall–Kier alpha value is -3.26. The normalized spacial score (nSPS) is 27.7. The molecule has 0 spiro atoms. The third kappa shape index (κ3) is 2.12. The molecule has 2 aliphatic carbocycles. The number of rotatable bonds is 4. The van der Waals surface area contributed by atoms with Gasteiger partial charge in [0, 0.05) is 11.0 Å². The van der Waals surface area contributed by atoms with Gasteiger partial charge in [-0.25, -0.2) is 0 Å². The standard InChI is InChI=1S/C27H22O2/c1-18-22(19-12-6-3-7-13-19)27(21-16-10-5-11-17-21)24(26(27,2)25(18)29)23(28)20-14-8-4-9-15-20/h3-17,24H,1-2H3. The number of carbonyl (C=O) groups is 2. The molecule has 1 fully saturated rings. The van der Waals surface area contributed by atoms with Crippen LogP contribution in [0, 0.1) is 11.3 Å². The molecular weight excluding hydrogens is 356 g/mol. The first-order valence-corrected chi connectivity index (χ1v) is 10.0. The van der Waals surface area contributed by atoms with Gasteiger partial charge in [0.05, 0.1) is 11.3 Å². The number of allylic oxidation sites excluding steroid dienone is 2. The van der Waals surface area contributed by atoms with Gasteiger partial charge in [-0.15, -0.1) is 0 Å². The van der Waals surface area contributed by atoms with E-state index < -0.39 is 16.7 Å². The lowest BCUT2D eigenvalue weighted by Crippen LogP contribution is -2.19. The molecule has 3 aromatic rings. The zero-order valence-corrected chi connectivity index (χ0v) is 16.6. The monoisotopic (exact) mass is 378 g/mol. The molecule has 0 bridgehead atoms. The fourth-order valence-corrected chi connectivity index (χ4v) is 5.72. The van der Waals surface area contributed by atoms with Gasteiger partial charge in [0.25, 0.3) is 0 Å². The lowest BCUT2D eigenvalue weighted by molar-refractivity contribution is -0.119. The first-order chi connectivity index (χ1) is 14.0. The van der Waals surface area contributed by atoms with Crippen molar-refractivity contribution in [1.82, 2.24) is 0 Å². The van der Waals surface area contributed by atoms with E-state index in [2.05, 4.69) is 12.1 Å². The summed E-state index contributed by atoms with van der Waals surface area (Å²) in [6.45, 7) is 3.89. The number of benzene rings is 3. The average molecular weight is 378 g/mol. The molecule has 0 aliphatic heterocycles. The maximum Gasteiger partial charge on any atom is 0.168 e. The highest BCUT2D eigenvalue weighted by Gasteiger charge is 2.84. The van der Waals surface area contributed by atoms with Crippen LogP contribution in [0.3, 0.4) is 0 Å². The maximum atomic E-state index is 13.7.